The maximum Gasteiger partial charge on any atom is 0.0827 e. The van der Waals surface area contributed by atoms with Crippen molar-refractivity contribution in [3.05, 3.63) is 70.2 Å². The molecule has 0 spiro atoms. The average molecular weight is 273 g/mol. The van der Waals surface area contributed by atoms with Crippen molar-refractivity contribution in [3.63, 3.8) is 0 Å². The first-order valence-corrected chi connectivity index (χ1v) is 7.03. The summed E-state index contributed by atoms with van der Waals surface area (Å²) in [5.74, 6) is 0.800. The zero-order valence-corrected chi connectivity index (χ0v) is 11.6. The fraction of sp³-hybridized carbons (Fsp3) is 0.294. The number of aryl methyl sites for hydroxylation is 1. The van der Waals surface area contributed by atoms with Crippen LogP contribution in [0.25, 0.3) is 0 Å². The number of hydrogen-bond donors (Lipinski definition) is 1. The Morgan fingerprint density at radius 3 is 2.63 bits per heavy atom. The lowest BCUT2D eigenvalue weighted by molar-refractivity contribution is 0.150. The molecule has 1 aliphatic rings. The van der Waals surface area contributed by atoms with Crippen LogP contribution in [0.1, 0.15) is 35.1 Å². The zero-order valence-electron chi connectivity index (χ0n) is 10.9. The van der Waals surface area contributed by atoms with E-state index in [0.29, 0.717) is 16.9 Å². The van der Waals surface area contributed by atoms with Crippen LogP contribution in [0.2, 0.25) is 5.02 Å². The van der Waals surface area contributed by atoms with E-state index in [0.717, 1.165) is 17.5 Å². The molecule has 1 nitrogen and oxygen atoms in total. The monoisotopic (exact) mass is 272 g/mol. The van der Waals surface area contributed by atoms with Gasteiger partial charge in [-0.1, -0.05) is 48.0 Å². The van der Waals surface area contributed by atoms with E-state index in [-0.39, 0.29) is 0 Å². The van der Waals surface area contributed by atoms with Gasteiger partial charge in [0.1, 0.15) is 0 Å². The van der Waals surface area contributed by atoms with E-state index >= 15 is 0 Å². The molecule has 0 amide bonds. The van der Waals surface area contributed by atoms with Gasteiger partial charge in [0.25, 0.3) is 0 Å². The van der Waals surface area contributed by atoms with Crippen LogP contribution in [0.15, 0.2) is 48.5 Å². The molecule has 0 aromatic heterocycles. The predicted molar refractivity (Wildman–Crippen MR) is 78.4 cm³/mol. The molecule has 0 saturated heterocycles. The van der Waals surface area contributed by atoms with E-state index in [9.17, 15) is 5.11 Å². The van der Waals surface area contributed by atoms with Crippen molar-refractivity contribution in [1.82, 2.24) is 0 Å². The Hall–Kier alpha value is -1.31. The van der Waals surface area contributed by atoms with Crippen LogP contribution in [0.4, 0.5) is 0 Å². The average Bonchev–Trinajstić information content (AvgIpc) is 3.22. The number of aliphatic hydroxyl groups excluding tert-OH is 1. The Morgan fingerprint density at radius 2 is 1.89 bits per heavy atom. The highest BCUT2D eigenvalue weighted by molar-refractivity contribution is 6.30. The van der Waals surface area contributed by atoms with Gasteiger partial charge in [-0.3, -0.25) is 0 Å². The Bertz CT molecular complexity index is 579. The fourth-order valence-electron chi connectivity index (χ4n) is 2.81. The molecule has 2 aromatic rings. The second-order valence-electron chi connectivity index (χ2n) is 5.36. The third kappa shape index (κ3) is 2.54. The van der Waals surface area contributed by atoms with Gasteiger partial charge in [0.05, 0.1) is 6.10 Å². The summed E-state index contributed by atoms with van der Waals surface area (Å²) < 4.78 is 0. The van der Waals surface area contributed by atoms with Crippen molar-refractivity contribution < 1.29 is 5.11 Å². The van der Waals surface area contributed by atoms with Gasteiger partial charge < -0.3 is 5.11 Å². The number of aliphatic hydroxyl groups is 1. The van der Waals surface area contributed by atoms with Gasteiger partial charge in [0, 0.05) is 5.02 Å². The summed E-state index contributed by atoms with van der Waals surface area (Å²) in [6.07, 6.45) is 0.640. The van der Waals surface area contributed by atoms with Gasteiger partial charge in [0.2, 0.25) is 0 Å². The number of benzene rings is 2. The highest BCUT2D eigenvalue weighted by Crippen LogP contribution is 2.54. The second kappa shape index (κ2) is 4.99. The Morgan fingerprint density at radius 1 is 1.16 bits per heavy atom. The topological polar surface area (TPSA) is 20.2 Å². The van der Waals surface area contributed by atoms with Gasteiger partial charge >= 0.3 is 0 Å². The molecule has 19 heavy (non-hydrogen) atoms. The molecule has 3 unspecified atom stereocenters. The first kappa shape index (κ1) is 12.7. The van der Waals surface area contributed by atoms with Gasteiger partial charge in [-0.15, -0.1) is 0 Å². The van der Waals surface area contributed by atoms with Crippen LogP contribution in [-0.2, 0) is 0 Å². The molecular formula is C17H17ClO. The fourth-order valence-corrected chi connectivity index (χ4v) is 2.99. The van der Waals surface area contributed by atoms with E-state index in [4.69, 9.17) is 11.6 Å². The van der Waals surface area contributed by atoms with E-state index in [1.165, 1.54) is 5.56 Å². The van der Waals surface area contributed by atoms with Gasteiger partial charge in [-0.2, -0.15) is 0 Å². The number of hydrogen-bond acceptors (Lipinski definition) is 1. The molecule has 0 bridgehead atoms. The maximum absolute atomic E-state index is 10.5. The molecule has 2 heteroatoms. The minimum Gasteiger partial charge on any atom is -0.388 e. The first-order valence-electron chi connectivity index (χ1n) is 6.66. The molecule has 0 radical (unpaired) electrons. The summed E-state index contributed by atoms with van der Waals surface area (Å²) in [5.41, 5.74) is 3.40. The first-order chi connectivity index (χ1) is 9.16. The van der Waals surface area contributed by atoms with Crippen molar-refractivity contribution in [2.45, 2.75) is 25.4 Å². The maximum atomic E-state index is 10.5. The molecular weight excluding hydrogens is 256 g/mol. The van der Waals surface area contributed by atoms with Gasteiger partial charge in [-0.05, 0) is 54.0 Å². The standard InChI is InChI=1S/C17H17ClO/c1-11-7-8-13(18)9-14(11)17(19)16-10-15(16)12-5-3-2-4-6-12/h2-9,15-17,19H,10H2,1H3. The lowest BCUT2D eigenvalue weighted by atomic mass is 9.98. The van der Waals surface area contributed by atoms with E-state index in [2.05, 4.69) is 24.3 Å². The smallest absolute Gasteiger partial charge is 0.0827 e. The summed E-state index contributed by atoms with van der Waals surface area (Å²) in [4.78, 5) is 0. The van der Waals surface area contributed by atoms with Crippen molar-refractivity contribution in [3.8, 4) is 0 Å². The Kier molecular flexibility index (Phi) is 3.34. The van der Waals surface area contributed by atoms with Crippen LogP contribution in [-0.4, -0.2) is 5.11 Å². The minimum absolute atomic E-state index is 0.319. The largest absolute Gasteiger partial charge is 0.388 e. The van der Waals surface area contributed by atoms with Crippen molar-refractivity contribution in [2.24, 2.45) is 5.92 Å². The third-order valence-electron chi connectivity index (χ3n) is 4.03. The number of rotatable bonds is 3. The molecule has 3 atom stereocenters. The molecule has 0 aliphatic heterocycles. The summed E-state index contributed by atoms with van der Waals surface area (Å²) in [6.45, 7) is 2.02. The van der Waals surface area contributed by atoms with Crippen LogP contribution in [0, 0.1) is 12.8 Å². The SMILES string of the molecule is Cc1ccc(Cl)cc1C(O)C1CC1c1ccccc1. The zero-order chi connectivity index (χ0) is 13.4. The molecule has 0 heterocycles. The highest BCUT2D eigenvalue weighted by atomic mass is 35.5. The van der Waals surface area contributed by atoms with E-state index in [1.807, 2.05) is 31.2 Å². The molecule has 1 aliphatic carbocycles. The summed E-state index contributed by atoms with van der Waals surface area (Å²) in [6, 6.07) is 16.2. The quantitative estimate of drug-likeness (QED) is 0.873. The molecule has 1 fully saturated rings. The van der Waals surface area contributed by atoms with Crippen molar-refractivity contribution >= 4 is 11.6 Å². The Balaban J connectivity index is 1.80. The van der Waals surface area contributed by atoms with Crippen LogP contribution < -0.4 is 0 Å². The second-order valence-corrected chi connectivity index (χ2v) is 5.80. The van der Waals surface area contributed by atoms with Crippen molar-refractivity contribution in [2.75, 3.05) is 0 Å². The van der Waals surface area contributed by atoms with Gasteiger partial charge in [0.15, 0.2) is 0 Å². The summed E-state index contributed by atoms with van der Waals surface area (Å²) >= 11 is 6.03. The highest BCUT2D eigenvalue weighted by Gasteiger charge is 2.44. The van der Waals surface area contributed by atoms with Crippen molar-refractivity contribution in [1.29, 1.82) is 0 Å². The molecule has 1 saturated carbocycles. The Labute approximate surface area is 118 Å². The normalized spacial score (nSPS) is 23.1. The van der Waals surface area contributed by atoms with Crippen LogP contribution in [0.5, 0.6) is 0 Å². The molecule has 2 aromatic carbocycles. The number of halogens is 1. The minimum atomic E-state index is -0.413. The summed E-state index contributed by atoms with van der Waals surface area (Å²) in [5, 5.41) is 11.2. The molecule has 1 N–H and O–H groups in total. The molecule has 98 valence electrons. The summed E-state index contributed by atoms with van der Waals surface area (Å²) in [7, 11) is 0. The molecule has 3 rings (SSSR count). The van der Waals surface area contributed by atoms with E-state index < -0.39 is 6.10 Å². The van der Waals surface area contributed by atoms with E-state index in [1.54, 1.807) is 0 Å². The lowest BCUT2D eigenvalue weighted by Crippen LogP contribution is -2.03. The van der Waals surface area contributed by atoms with Crippen LogP contribution in [0.3, 0.4) is 0 Å². The lowest BCUT2D eigenvalue weighted by Gasteiger charge is -2.14. The van der Waals surface area contributed by atoms with Gasteiger partial charge in [-0.25, -0.2) is 0 Å². The van der Waals surface area contributed by atoms with Crippen LogP contribution >= 0.6 is 11.6 Å². The third-order valence-corrected chi connectivity index (χ3v) is 4.27. The predicted octanol–water partition coefficient (Wildman–Crippen LogP) is 4.49.